The summed E-state index contributed by atoms with van der Waals surface area (Å²) in [5, 5.41) is 0. The molecule has 1 aromatic rings. The van der Waals surface area contributed by atoms with Gasteiger partial charge in [0.2, 0.25) is 0 Å². The van der Waals surface area contributed by atoms with Crippen molar-refractivity contribution in [2.24, 2.45) is 5.92 Å². The highest BCUT2D eigenvalue weighted by atomic mass is 16.6. The normalized spacial score (nSPS) is 33.0. The van der Waals surface area contributed by atoms with Crippen LogP contribution in [0, 0.1) is 5.92 Å². The fourth-order valence-electron chi connectivity index (χ4n) is 3.73. The number of rotatable bonds is 5. The molecule has 3 aliphatic rings. The van der Waals surface area contributed by atoms with Crippen LogP contribution in [0.25, 0.3) is 0 Å². The number of benzene rings is 1. The fourth-order valence-corrected chi connectivity index (χ4v) is 3.73. The number of likely N-dealkylation sites (tertiary alicyclic amines) is 1. The van der Waals surface area contributed by atoms with Gasteiger partial charge >= 0.3 is 0 Å². The molecule has 2 saturated heterocycles. The zero-order valence-corrected chi connectivity index (χ0v) is 12.7. The molecule has 1 aliphatic carbocycles. The molecule has 1 saturated carbocycles. The molecular weight excluding hydrogens is 262 g/mol. The molecule has 3 fully saturated rings. The predicted molar refractivity (Wildman–Crippen MR) is 82.1 cm³/mol. The summed E-state index contributed by atoms with van der Waals surface area (Å²) in [6, 6.07) is 10.4. The Labute approximate surface area is 127 Å². The lowest BCUT2D eigenvalue weighted by Crippen LogP contribution is -2.33. The molecule has 1 aromatic carbocycles. The molecule has 2 aliphatic heterocycles. The average Bonchev–Trinajstić information content (AvgIpc) is 3.11. The highest BCUT2D eigenvalue weighted by molar-refractivity contribution is 5.13. The largest absolute Gasteiger partial charge is 0.371 e. The summed E-state index contributed by atoms with van der Waals surface area (Å²) in [5.41, 5.74) is 1.34. The van der Waals surface area contributed by atoms with Crippen LogP contribution in [-0.2, 0) is 16.1 Å². The van der Waals surface area contributed by atoms with Gasteiger partial charge in [0.05, 0.1) is 24.9 Å². The summed E-state index contributed by atoms with van der Waals surface area (Å²) in [5.74, 6) is 0.978. The van der Waals surface area contributed by atoms with Crippen molar-refractivity contribution in [1.82, 2.24) is 4.90 Å². The first-order chi connectivity index (χ1) is 10.3. The number of hydrogen-bond donors (Lipinski definition) is 0. The first-order valence-electron chi connectivity index (χ1n) is 8.33. The average molecular weight is 287 g/mol. The number of hydrogen-bond acceptors (Lipinski definition) is 3. The van der Waals surface area contributed by atoms with Crippen molar-refractivity contribution in [2.75, 3.05) is 26.2 Å². The van der Waals surface area contributed by atoms with Crippen molar-refractivity contribution in [3.8, 4) is 0 Å². The molecule has 0 amide bonds. The molecule has 0 unspecified atom stereocenters. The smallest absolute Gasteiger partial charge is 0.0847 e. The molecule has 3 nitrogen and oxygen atoms in total. The maximum atomic E-state index is 6.17. The van der Waals surface area contributed by atoms with Crippen molar-refractivity contribution in [2.45, 2.75) is 44.0 Å². The topological polar surface area (TPSA) is 21.7 Å². The molecular formula is C18H25NO2. The van der Waals surface area contributed by atoms with Gasteiger partial charge in [-0.2, -0.15) is 0 Å². The molecule has 21 heavy (non-hydrogen) atoms. The second-order valence-electron chi connectivity index (χ2n) is 7.05. The van der Waals surface area contributed by atoms with Crippen LogP contribution in [0.5, 0.6) is 0 Å². The van der Waals surface area contributed by atoms with Crippen LogP contribution < -0.4 is 0 Å². The quantitative estimate of drug-likeness (QED) is 0.831. The lowest BCUT2D eigenvalue weighted by Gasteiger charge is -2.23. The van der Waals surface area contributed by atoms with E-state index in [2.05, 4.69) is 29.2 Å². The lowest BCUT2D eigenvalue weighted by molar-refractivity contribution is -0.000240. The third-order valence-electron chi connectivity index (χ3n) is 5.11. The highest BCUT2D eigenvalue weighted by Crippen LogP contribution is 2.38. The van der Waals surface area contributed by atoms with Gasteiger partial charge in [0.1, 0.15) is 0 Å². The summed E-state index contributed by atoms with van der Waals surface area (Å²) in [4.78, 5) is 2.61. The van der Waals surface area contributed by atoms with Crippen LogP contribution in [0.15, 0.2) is 30.3 Å². The second kappa shape index (κ2) is 5.71. The first-order valence-corrected chi connectivity index (χ1v) is 8.33. The zero-order chi connectivity index (χ0) is 14.1. The van der Waals surface area contributed by atoms with Gasteiger partial charge in [0, 0.05) is 26.1 Å². The van der Waals surface area contributed by atoms with Gasteiger partial charge in [-0.05, 0) is 30.7 Å². The van der Waals surface area contributed by atoms with Crippen LogP contribution >= 0.6 is 0 Å². The Hall–Kier alpha value is -0.900. The van der Waals surface area contributed by atoms with E-state index in [9.17, 15) is 0 Å². The van der Waals surface area contributed by atoms with Gasteiger partial charge in [0.25, 0.3) is 0 Å². The minimum atomic E-state index is 0.0935. The molecule has 0 bridgehead atoms. The Morgan fingerprint density at radius 2 is 2.10 bits per heavy atom. The molecule has 1 spiro atoms. The van der Waals surface area contributed by atoms with E-state index in [0.717, 1.165) is 25.5 Å². The van der Waals surface area contributed by atoms with Gasteiger partial charge < -0.3 is 14.4 Å². The van der Waals surface area contributed by atoms with E-state index in [1.807, 2.05) is 6.07 Å². The Morgan fingerprint density at radius 3 is 2.90 bits per heavy atom. The number of nitrogens with zero attached hydrogens (tertiary/aromatic N) is 1. The van der Waals surface area contributed by atoms with Crippen LogP contribution in [0.4, 0.5) is 0 Å². The van der Waals surface area contributed by atoms with Gasteiger partial charge in [-0.3, -0.25) is 0 Å². The predicted octanol–water partition coefficient (Wildman–Crippen LogP) is 2.85. The maximum absolute atomic E-state index is 6.17. The SMILES string of the molecule is c1ccc(CO[C@H]2CO[C@]3(CCN(CC4CC4)C3)C2)cc1. The molecule has 2 heterocycles. The molecule has 4 rings (SSSR count). The summed E-state index contributed by atoms with van der Waals surface area (Å²) in [6.07, 6.45) is 5.40. The van der Waals surface area contributed by atoms with E-state index in [4.69, 9.17) is 9.47 Å². The van der Waals surface area contributed by atoms with E-state index in [-0.39, 0.29) is 11.7 Å². The molecule has 0 radical (unpaired) electrons. The Morgan fingerprint density at radius 1 is 1.24 bits per heavy atom. The minimum absolute atomic E-state index is 0.0935. The van der Waals surface area contributed by atoms with E-state index >= 15 is 0 Å². The van der Waals surface area contributed by atoms with E-state index in [1.165, 1.54) is 37.9 Å². The van der Waals surface area contributed by atoms with Crippen molar-refractivity contribution in [3.63, 3.8) is 0 Å². The van der Waals surface area contributed by atoms with E-state index in [0.29, 0.717) is 6.61 Å². The van der Waals surface area contributed by atoms with Gasteiger partial charge in [0.15, 0.2) is 0 Å². The van der Waals surface area contributed by atoms with Crippen molar-refractivity contribution >= 4 is 0 Å². The summed E-state index contributed by atoms with van der Waals surface area (Å²) >= 11 is 0. The van der Waals surface area contributed by atoms with E-state index < -0.39 is 0 Å². The standard InChI is InChI=1S/C18H25NO2/c1-2-4-16(5-3-1)12-20-17-10-18(21-13-17)8-9-19(14-18)11-15-6-7-15/h1-5,15,17H,6-14H2/t17-,18-/m1/s1. The van der Waals surface area contributed by atoms with E-state index in [1.54, 1.807) is 0 Å². The third-order valence-corrected chi connectivity index (χ3v) is 5.11. The van der Waals surface area contributed by atoms with Crippen LogP contribution in [-0.4, -0.2) is 42.8 Å². The second-order valence-corrected chi connectivity index (χ2v) is 7.05. The fraction of sp³-hybridized carbons (Fsp3) is 0.667. The summed E-state index contributed by atoms with van der Waals surface area (Å²) in [7, 11) is 0. The Bertz CT molecular complexity index is 473. The lowest BCUT2D eigenvalue weighted by atomic mass is 9.98. The molecule has 0 N–H and O–H groups in total. The van der Waals surface area contributed by atoms with Gasteiger partial charge in [-0.25, -0.2) is 0 Å². The maximum Gasteiger partial charge on any atom is 0.0847 e. The van der Waals surface area contributed by atoms with Crippen LogP contribution in [0.2, 0.25) is 0 Å². The third kappa shape index (κ3) is 3.31. The highest BCUT2D eigenvalue weighted by Gasteiger charge is 2.46. The first kappa shape index (κ1) is 13.7. The Balaban J connectivity index is 1.26. The minimum Gasteiger partial charge on any atom is -0.371 e. The van der Waals surface area contributed by atoms with Crippen LogP contribution in [0.1, 0.15) is 31.2 Å². The molecule has 2 atom stereocenters. The number of ether oxygens (including phenoxy) is 2. The molecule has 3 heteroatoms. The van der Waals surface area contributed by atoms with Crippen molar-refractivity contribution < 1.29 is 9.47 Å². The molecule has 114 valence electrons. The zero-order valence-electron chi connectivity index (χ0n) is 12.7. The van der Waals surface area contributed by atoms with Gasteiger partial charge in [-0.15, -0.1) is 0 Å². The van der Waals surface area contributed by atoms with Gasteiger partial charge in [-0.1, -0.05) is 30.3 Å². The monoisotopic (exact) mass is 287 g/mol. The van der Waals surface area contributed by atoms with Crippen LogP contribution in [0.3, 0.4) is 0 Å². The molecule has 0 aromatic heterocycles. The van der Waals surface area contributed by atoms with Crippen molar-refractivity contribution in [3.05, 3.63) is 35.9 Å². The summed E-state index contributed by atoms with van der Waals surface area (Å²) in [6.45, 7) is 5.10. The van der Waals surface area contributed by atoms with Crippen molar-refractivity contribution in [1.29, 1.82) is 0 Å². The summed E-state index contributed by atoms with van der Waals surface area (Å²) < 4.78 is 12.2. The Kier molecular flexibility index (Phi) is 3.74.